The number of nitrogens with one attached hydrogen (secondary N) is 1. The predicted molar refractivity (Wildman–Crippen MR) is 92.6 cm³/mol. The Kier molecular flexibility index (Phi) is 5.42. The van der Waals surface area contributed by atoms with Crippen LogP contribution in [0.4, 0.5) is 5.69 Å². The van der Waals surface area contributed by atoms with Crippen LogP contribution in [-0.2, 0) is 0 Å². The van der Waals surface area contributed by atoms with E-state index >= 15 is 0 Å². The molecule has 0 spiro atoms. The monoisotopic (exact) mass is 391 g/mol. The van der Waals surface area contributed by atoms with E-state index in [1.54, 1.807) is 18.2 Å². The van der Waals surface area contributed by atoms with Gasteiger partial charge in [-0.25, -0.2) is 4.79 Å². The van der Waals surface area contributed by atoms with Gasteiger partial charge in [0.2, 0.25) is 0 Å². The topological polar surface area (TPSA) is 66.4 Å². The van der Waals surface area contributed by atoms with Crippen LogP contribution in [-0.4, -0.2) is 17.0 Å². The molecular weight excluding hydrogens is 384 g/mol. The van der Waals surface area contributed by atoms with Crippen LogP contribution in [0.2, 0.25) is 20.1 Å². The minimum Gasteiger partial charge on any atom is -0.478 e. The number of carbonyl (C=O) groups excluding carboxylic acids is 1. The molecule has 2 aromatic rings. The van der Waals surface area contributed by atoms with Crippen molar-refractivity contribution in [2.24, 2.45) is 0 Å². The Labute approximate surface area is 151 Å². The molecular formula is C15H9Cl4NO3. The molecule has 0 aliphatic carbocycles. The Bertz CT molecular complexity index is 821. The number of anilines is 1. The first-order chi connectivity index (χ1) is 10.7. The summed E-state index contributed by atoms with van der Waals surface area (Å²) in [6.45, 7) is 1.85. The number of aryl methyl sites for hydroxylation is 1. The van der Waals surface area contributed by atoms with Gasteiger partial charge in [0, 0.05) is 5.69 Å². The lowest BCUT2D eigenvalue weighted by molar-refractivity contribution is 0.0692. The molecule has 0 heterocycles. The van der Waals surface area contributed by atoms with Gasteiger partial charge in [0.1, 0.15) is 0 Å². The van der Waals surface area contributed by atoms with Gasteiger partial charge < -0.3 is 10.4 Å². The number of carboxylic acids is 1. The third-order valence-electron chi connectivity index (χ3n) is 2.98. The normalized spacial score (nSPS) is 10.5. The van der Waals surface area contributed by atoms with Crippen LogP contribution in [0.3, 0.4) is 0 Å². The Morgan fingerprint density at radius 2 is 1.52 bits per heavy atom. The van der Waals surface area contributed by atoms with E-state index in [1.165, 1.54) is 0 Å². The summed E-state index contributed by atoms with van der Waals surface area (Å²) < 4.78 is 0. The van der Waals surface area contributed by atoms with Gasteiger partial charge in [-0.05, 0) is 24.6 Å². The molecule has 23 heavy (non-hydrogen) atoms. The largest absolute Gasteiger partial charge is 0.478 e. The second kappa shape index (κ2) is 6.97. The molecule has 1 amide bonds. The van der Waals surface area contributed by atoms with Gasteiger partial charge in [-0.2, -0.15) is 0 Å². The molecule has 120 valence electrons. The van der Waals surface area contributed by atoms with E-state index in [4.69, 9.17) is 46.4 Å². The van der Waals surface area contributed by atoms with Crippen molar-refractivity contribution < 1.29 is 14.7 Å². The van der Waals surface area contributed by atoms with Gasteiger partial charge in [-0.3, -0.25) is 4.79 Å². The first kappa shape index (κ1) is 17.9. The highest BCUT2D eigenvalue weighted by Crippen LogP contribution is 2.41. The molecule has 0 atom stereocenters. The predicted octanol–water partition coefficient (Wildman–Crippen LogP) is 5.56. The number of hydrogen-bond donors (Lipinski definition) is 2. The van der Waals surface area contributed by atoms with Crippen LogP contribution >= 0.6 is 46.4 Å². The molecule has 8 heteroatoms. The molecule has 0 aliphatic rings. The maximum Gasteiger partial charge on any atom is 0.338 e. The molecule has 2 aromatic carbocycles. The van der Waals surface area contributed by atoms with Gasteiger partial charge in [-0.15, -0.1) is 0 Å². The quantitative estimate of drug-likeness (QED) is 0.530. The maximum atomic E-state index is 12.5. The summed E-state index contributed by atoms with van der Waals surface area (Å²) in [5.74, 6) is -2.19. The minimum atomic E-state index is -1.44. The number of carboxylic acid groups (broad SMARTS) is 1. The van der Waals surface area contributed by atoms with E-state index in [2.05, 4.69) is 5.32 Å². The highest BCUT2D eigenvalue weighted by atomic mass is 35.5. The average molecular weight is 393 g/mol. The van der Waals surface area contributed by atoms with Gasteiger partial charge in [0.15, 0.2) is 0 Å². The zero-order chi connectivity index (χ0) is 17.3. The van der Waals surface area contributed by atoms with Crippen LogP contribution in [0.25, 0.3) is 0 Å². The molecule has 4 nitrogen and oxygen atoms in total. The number of amides is 1. The van der Waals surface area contributed by atoms with E-state index in [1.807, 2.05) is 13.0 Å². The lowest BCUT2D eigenvalue weighted by atomic mass is 10.1. The van der Waals surface area contributed by atoms with Crippen molar-refractivity contribution in [1.29, 1.82) is 0 Å². The molecule has 0 saturated heterocycles. The number of aromatic carboxylic acids is 1. The van der Waals surface area contributed by atoms with Crippen molar-refractivity contribution in [2.75, 3.05) is 5.32 Å². The second-order valence-electron chi connectivity index (χ2n) is 4.63. The Morgan fingerprint density at radius 1 is 0.957 bits per heavy atom. The Hall–Kier alpha value is -1.46. The van der Waals surface area contributed by atoms with E-state index in [-0.39, 0.29) is 25.7 Å². The van der Waals surface area contributed by atoms with Gasteiger partial charge in [-0.1, -0.05) is 58.5 Å². The minimum absolute atomic E-state index is 0.183. The van der Waals surface area contributed by atoms with Crippen molar-refractivity contribution in [3.63, 3.8) is 0 Å². The number of carbonyl (C=O) groups is 2. The summed E-state index contributed by atoms with van der Waals surface area (Å²) in [7, 11) is 0. The van der Waals surface area contributed by atoms with Crippen molar-refractivity contribution >= 4 is 64.0 Å². The van der Waals surface area contributed by atoms with Gasteiger partial charge in [0.25, 0.3) is 5.91 Å². The van der Waals surface area contributed by atoms with Crippen LogP contribution in [0.1, 0.15) is 26.3 Å². The zero-order valence-corrected chi connectivity index (χ0v) is 14.6. The smallest absolute Gasteiger partial charge is 0.338 e. The third-order valence-corrected chi connectivity index (χ3v) is 4.79. The van der Waals surface area contributed by atoms with E-state index in [0.29, 0.717) is 5.69 Å². The molecule has 0 aliphatic heterocycles. The van der Waals surface area contributed by atoms with Crippen molar-refractivity contribution in [2.45, 2.75) is 6.92 Å². The van der Waals surface area contributed by atoms with Crippen LogP contribution in [0.15, 0.2) is 24.3 Å². The summed E-state index contributed by atoms with van der Waals surface area (Å²) in [6, 6.07) is 6.96. The molecule has 2 N–H and O–H groups in total. The van der Waals surface area contributed by atoms with Crippen molar-refractivity contribution in [1.82, 2.24) is 0 Å². The van der Waals surface area contributed by atoms with Crippen molar-refractivity contribution in [3.8, 4) is 0 Å². The SMILES string of the molecule is Cc1cccc(NC(=O)c2c(Cl)c(Cl)c(Cl)c(Cl)c2C(=O)O)c1. The highest BCUT2D eigenvalue weighted by molar-refractivity contribution is 6.54. The molecule has 2 rings (SSSR count). The Morgan fingerprint density at radius 3 is 2.04 bits per heavy atom. The first-order valence-electron chi connectivity index (χ1n) is 6.21. The van der Waals surface area contributed by atoms with Crippen LogP contribution < -0.4 is 5.32 Å². The van der Waals surface area contributed by atoms with E-state index in [0.717, 1.165) is 5.56 Å². The third kappa shape index (κ3) is 3.56. The average Bonchev–Trinajstić information content (AvgIpc) is 2.48. The zero-order valence-electron chi connectivity index (χ0n) is 11.6. The molecule has 0 fully saturated rings. The lowest BCUT2D eigenvalue weighted by Gasteiger charge is -2.14. The van der Waals surface area contributed by atoms with E-state index < -0.39 is 17.4 Å². The number of hydrogen-bond acceptors (Lipinski definition) is 2. The molecule has 0 radical (unpaired) electrons. The fraction of sp³-hybridized carbons (Fsp3) is 0.0667. The molecule has 0 unspecified atom stereocenters. The number of halogens is 4. The fourth-order valence-corrected chi connectivity index (χ4v) is 2.98. The summed E-state index contributed by atoms with van der Waals surface area (Å²) in [4.78, 5) is 23.9. The maximum absolute atomic E-state index is 12.5. The number of benzene rings is 2. The summed E-state index contributed by atoms with van der Waals surface area (Å²) in [6.07, 6.45) is 0. The molecule has 0 aromatic heterocycles. The number of rotatable bonds is 3. The fourth-order valence-electron chi connectivity index (χ4n) is 1.96. The summed E-state index contributed by atoms with van der Waals surface area (Å²) >= 11 is 23.7. The molecule has 0 bridgehead atoms. The Balaban J connectivity index is 2.58. The summed E-state index contributed by atoms with van der Waals surface area (Å²) in [5, 5.41) is 10.9. The first-order valence-corrected chi connectivity index (χ1v) is 7.72. The summed E-state index contributed by atoms with van der Waals surface area (Å²) in [5.41, 5.74) is 0.542. The second-order valence-corrected chi connectivity index (χ2v) is 6.15. The highest BCUT2D eigenvalue weighted by Gasteiger charge is 2.28. The standard InChI is InChI=1S/C15H9Cl4NO3/c1-6-3-2-4-7(5-6)20-14(21)8-9(15(22)23)11(17)13(19)12(18)10(8)16/h2-5H,1H3,(H,20,21)(H,22,23). The molecule has 0 saturated carbocycles. The van der Waals surface area contributed by atoms with Crippen molar-refractivity contribution in [3.05, 3.63) is 61.0 Å². The van der Waals surface area contributed by atoms with E-state index in [9.17, 15) is 14.7 Å². The van der Waals surface area contributed by atoms with Gasteiger partial charge in [0.05, 0.1) is 31.2 Å². The van der Waals surface area contributed by atoms with Crippen LogP contribution in [0, 0.1) is 6.92 Å². The van der Waals surface area contributed by atoms with Crippen LogP contribution in [0.5, 0.6) is 0 Å². The lowest BCUT2D eigenvalue weighted by Crippen LogP contribution is -2.18. The van der Waals surface area contributed by atoms with Gasteiger partial charge >= 0.3 is 5.97 Å².